The van der Waals surface area contributed by atoms with Gasteiger partial charge < -0.3 is 9.94 Å². The second kappa shape index (κ2) is 9.40. The Labute approximate surface area is 187 Å². The highest BCUT2D eigenvalue weighted by atomic mass is 19.1. The van der Waals surface area contributed by atoms with Gasteiger partial charge in [-0.15, -0.1) is 0 Å². The highest BCUT2D eigenvalue weighted by Gasteiger charge is 2.45. The summed E-state index contributed by atoms with van der Waals surface area (Å²) < 4.78 is 15.6. The maximum absolute atomic E-state index is 13.5. The smallest absolute Gasteiger partial charge is 0.309 e. The van der Waals surface area contributed by atoms with E-state index in [1.165, 1.54) is 23.4 Å². The van der Waals surface area contributed by atoms with Gasteiger partial charge in [0.2, 0.25) is 0 Å². The molecule has 1 atom stereocenters. The third-order valence-electron chi connectivity index (χ3n) is 6.81. The number of aryl methyl sites for hydroxylation is 1. The molecule has 1 aromatic carbocycles. The molecule has 0 bridgehead atoms. The number of hydrogen-bond donors (Lipinski definition) is 1. The summed E-state index contributed by atoms with van der Waals surface area (Å²) in [5.41, 5.74) is 2.92. The molecule has 8 heteroatoms. The van der Waals surface area contributed by atoms with Gasteiger partial charge in [0.15, 0.2) is 0 Å². The fraction of sp³-hybridized carbons (Fsp3) is 0.542. The normalized spacial score (nSPS) is 20.7. The summed E-state index contributed by atoms with van der Waals surface area (Å²) in [4.78, 5) is 20.2. The van der Waals surface area contributed by atoms with E-state index in [1.54, 1.807) is 12.1 Å². The highest BCUT2D eigenvalue weighted by molar-refractivity contribution is 6.01. The van der Waals surface area contributed by atoms with Crippen molar-refractivity contribution in [3.05, 3.63) is 53.1 Å². The number of halogens is 1. The van der Waals surface area contributed by atoms with E-state index in [9.17, 15) is 14.3 Å². The number of oxime groups is 1. The van der Waals surface area contributed by atoms with Crippen LogP contribution in [0.5, 0.6) is 0 Å². The predicted octanol–water partition coefficient (Wildman–Crippen LogP) is 3.99. The van der Waals surface area contributed by atoms with Crippen molar-refractivity contribution >= 4 is 11.7 Å². The van der Waals surface area contributed by atoms with Gasteiger partial charge in [-0.25, -0.2) is 4.39 Å². The van der Waals surface area contributed by atoms with E-state index in [0.717, 1.165) is 32.6 Å². The number of hydrogen-bond acceptors (Lipinski definition) is 5. The number of likely N-dealkylation sites (tertiary alicyclic amines) is 1. The molecule has 0 amide bonds. The number of nitrogens with zero attached hydrogens (tertiary/aromatic N) is 4. The van der Waals surface area contributed by atoms with Gasteiger partial charge in [0.1, 0.15) is 11.9 Å². The molecule has 172 valence electrons. The summed E-state index contributed by atoms with van der Waals surface area (Å²) in [5.74, 6) is -1.09. The zero-order valence-corrected chi connectivity index (χ0v) is 18.8. The molecule has 2 aromatic rings. The molecule has 0 spiro atoms. The van der Waals surface area contributed by atoms with Crippen molar-refractivity contribution in [2.45, 2.75) is 65.1 Å². The van der Waals surface area contributed by atoms with Gasteiger partial charge in [0.25, 0.3) is 0 Å². The molecule has 0 saturated carbocycles. The van der Waals surface area contributed by atoms with E-state index < -0.39 is 11.4 Å². The van der Waals surface area contributed by atoms with Gasteiger partial charge in [-0.1, -0.05) is 24.2 Å². The second-order valence-electron chi connectivity index (χ2n) is 9.02. The van der Waals surface area contributed by atoms with E-state index in [4.69, 9.17) is 4.84 Å². The lowest BCUT2D eigenvalue weighted by Gasteiger charge is -2.39. The molecule has 1 aromatic heterocycles. The minimum absolute atomic E-state index is 0.301. The number of rotatable bonds is 8. The van der Waals surface area contributed by atoms with Crippen molar-refractivity contribution in [3.63, 3.8) is 0 Å². The van der Waals surface area contributed by atoms with Crippen LogP contribution in [0.15, 0.2) is 35.6 Å². The number of aromatic nitrogens is 2. The Kier molecular flexibility index (Phi) is 6.60. The van der Waals surface area contributed by atoms with Crippen LogP contribution in [0.1, 0.15) is 55.8 Å². The summed E-state index contributed by atoms with van der Waals surface area (Å²) in [6.45, 7) is 7.37. The Balaban J connectivity index is 1.35. The van der Waals surface area contributed by atoms with E-state index in [2.05, 4.69) is 29.0 Å². The quantitative estimate of drug-likeness (QED) is 0.669. The van der Waals surface area contributed by atoms with Crippen molar-refractivity contribution in [3.8, 4) is 0 Å². The molecule has 0 aliphatic carbocycles. The molecule has 7 nitrogen and oxygen atoms in total. The zero-order valence-electron chi connectivity index (χ0n) is 18.8. The largest absolute Gasteiger partial charge is 0.481 e. The summed E-state index contributed by atoms with van der Waals surface area (Å²) in [6.07, 6.45) is 4.72. The van der Waals surface area contributed by atoms with E-state index in [-0.39, 0.29) is 11.9 Å². The first kappa shape index (κ1) is 22.5. The minimum atomic E-state index is -0.824. The lowest BCUT2D eigenvalue weighted by Crippen LogP contribution is -2.45. The van der Waals surface area contributed by atoms with Crippen molar-refractivity contribution in [1.82, 2.24) is 14.7 Å². The zero-order chi connectivity index (χ0) is 22.7. The number of benzene rings is 1. The van der Waals surface area contributed by atoms with Crippen LogP contribution >= 0.6 is 0 Å². The second-order valence-corrected chi connectivity index (χ2v) is 9.02. The maximum atomic E-state index is 13.5. The number of carboxylic acid groups (broad SMARTS) is 1. The summed E-state index contributed by atoms with van der Waals surface area (Å²) in [7, 11) is 0. The van der Waals surface area contributed by atoms with Crippen LogP contribution in [0.3, 0.4) is 0 Å². The van der Waals surface area contributed by atoms with Gasteiger partial charge in [0.05, 0.1) is 17.3 Å². The van der Waals surface area contributed by atoms with Gasteiger partial charge in [-0.2, -0.15) is 5.10 Å². The molecule has 0 radical (unpaired) electrons. The van der Waals surface area contributed by atoms with Crippen molar-refractivity contribution in [2.24, 2.45) is 10.6 Å². The van der Waals surface area contributed by atoms with Gasteiger partial charge >= 0.3 is 5.97 Å². The third kappa shape index (κ3) is 4.70. The van der Waals surface area contributed by atoms with Crippen LogP contribution in [-0.4, -0.2) is 50.7 Å². The molecule has 1 saturated heterocycles. The van der Waals surface area contributed by atoms with Crippen LogP contribution in [0.2, 0.25) is 0 Å². The first-order valence-electron chi connectivity index (χ1n) is 11.4. The highest BCUT2D eigenvalue weighted by Crippen LogP contribution is 2.39. The fourth-order valence-electron chi connectivity index (χ4n) is 4.78. The molecular weight excluding hydrogens is 411 g/mol. The van der Waals surface area contributed by atoms with Crippen LogP contribution in [-0.2, 0) is 22.7 Å². The lowest BCUT2D eigenvalue weighted by atomic mass is 9.73. The SMILES string of the molecule is CCCn1ncc(CN2CCC(C[C@H]3CC(c4cccc(F)c4)=NO3)(C(=O)O)CC2)c1C. The summed E-state index contributed by atoms with van der Waals surface area (Å²) >= 11 is 0. The molecule has 2 aliphatic rings. The van der Waals surface area contributed by atoms with Gasteiger partial charge in [-0.05, 0) is 51.4 Å². The van der Waals surface area contributed by atoms with Gasteiger partial charge in [0, 0.05) is 42.8 Å². The number of carbonyl (C=O) groups is 1. The Hall–Kier alpha value is -2.74. The Bertz CT molecular complexity index is 995. The van der Waals surface area contributed by atoms with E-state index in [0.29, 0.717) is 37.0 Å². The molecule has 4 rings (SSSR count). The van der Waals surface area contributed by atoms with Crippen molar-refractivity contribution in [1.29, 1.82) is 0 Å². The van der Waals surface area contributed by atoms with Gasteiger partial charge in [-0.3, -0.25) is 14.4 Å². The predicted molar refractivity (Wildman–Crippen MR) is 119 cm³/mol. The monoisotopic (exact) mass is 442 g/mol. The maximum Gasteiger partial charge on any atom is 0.309 e. The Morgan fingerprint density at radius 2 is 2.12 bits per heavy atom. The van der Waals surface area contributed by atoms with Crippen molar-refractivity contribution in [2.75, 3.05) is 13.1 Å². The van der Waals surface area contributed by atoms with Crippen LogP contribution in [0, 0.1) is 18.2 Å². The molecule has 2 aliphatic heterocycles. The molecule has 0 unspecified atom stereocenters. The Morgan fingerprint density at radius 3 is 2.81 bits per heavy atom. The van der Waals surface area contributed by atoms with E-state index >= 15 is 0 Å². The standard InChI is InChI=1S/C24H31FN4O3/c1-3-9-29-17(2)19(15-26-29)16-28-10-7-24(8-11-28,23(30)31)14-21-13-22(27-32-21)18-5-4-6-20(25)12-18/h4-6,12,15,21H,3,7-11,13-14,16H2,1-2H3,(H,30,31)/t21-/m1/s1. The fourth-order valence-corrected chi connectivity index (χ4v) is 4.78. The van der Waals surface area contributed by atoms with Crippen LogP contribution in [0.25, 0.3) is 0 Å². The Morgan fingerprint density at radius 1 is 1.34 bits per heavy atom. The van der Waals surface area contributed by atoms with Crippen molar-refractivity contribution < 1.29 is 19.1 Å². The summed E-state index contributed by atoms with van der Waals surface area (Å²) in [5, 5.41) is 18.7. The molecule has 1 N–H and O–H groups in total. The summed E-state index contributed by atoms with van der Waals surface area (Å²) in [6, 6.07) is 6.26. The third-order valence-corrected chi connectivity index (χ3v) is 6.81. The average Bonchev–Trinajstić information content (AvgIpc) is 3.37. The number of carboxylic acids is 1. The number of aliphatic carboxylic acids is 1. The molecular formula is C24H31FN4O3. The molecule has 32 heavy (non-hydrogen) atoms. The van der Waals surface area contributed by atoms with Crippen LogP contribution in [0.4, 0.5) is 4.39 Å². The average molecular weight is 443 g/mol. The molecule has 3 heterocycles. The topological polar surface area (TPSA) is 80.0 Å². The first-order chi connectivity index (χ1) is 15.4. The lowest BCUT2D eigenvalue weighted by molar-refractivity contribution is -0.155. The van der Waals surface area contributed by atoms with Crippen LogP contribution < -0.4 is 0 Å². The molecule has 1 fully saturated rings. The minimum Gasteiger partial charge on any atom is -0.481 e. The van der Waals surface area contributed by atoms with E-state index in [1.807, 2.05) is 10.9 Å². The first-order valence-corrected chi connectivity index (χ1v) is 11.4. The number of piperidine rings is 1.